The summed E-state index contributed by atoms with van der Waals surface area (Å²) in [5, 5.41) is 11.5. The van der Waals surface area contributed by atoms with Crippen LogP contribution in [0.5, 0.6) is 0 Å². The SMILES string of the molecule is CCC[N+](CC)(CC)CCCOC(=O)[C@](O)(c1ccccc1)C1CCCCC1. The van der Waals surface area contributed by atoms with Crippen LogP contribution in [-0.2, 0) is 15.1 Å². The minimum atomic E-state index is -1.52. The molecule has 0 radical (unpaired) electrons. The average molecular weight is 391 g/mol. The molecule has 0 aromatic heterocycles. The van der Waals surface area contributed by atoms with Gasteiger partial charge in [-0.15, -0.1) is 0 Å². The van der Waals surface area contributed by atoms with Crippen molar-refractivity contribution in [1.82, 2.24) is 0 Å². The smallest absolute Gasteiger partial charge is 0.343 e. The van der Waals surface area contributed by atoms with Crippen LogP contribution in [0.15, 0.2) is 30.3 Å². The maximum Gasteiger partial charge on any atom is 0.343 e. The molecule has 0 spiro atoms. The Hall–Kier alpha value is -1.39. The number of nitrogens with zero attached hydrogens (tertiary/aromatic N) is 1. The zero-order valence-corrected chi connectivity index (χ0v) is 18.2. The lowest BCUT2D eigenvalue weighted by molar-refractivity contribution is -0.925. The van der Waals surface area contributed by atoms with E-state index in [1.807, 2.05) is 30.3 Å². The van der Waals surface area contributed by atoms with Crippen LogP contribution < -0.4 is 0 Å². The summed E-state index contributed by atoms with van der Waals surface area (Å²) in [5.41, 5.74) is -0.850. The lowest BCUT2D eigenvalue weighted by Crippen LogP contribution is -2.49. The first-order chi connectivity index (χ1) is 13.5. The van der Waals surface area contributed by atoms with E-state index < -0.39 is 11.6 Å². The number of ether oxygens (including phenoxy) is 1. The average Bonchev–Trinajstić information content (AvgIpc) is 2.76. The second-order valence-electron chi connectivity index (χ2n) is 8.38. The lowest BCUT2D eigenvalue weighted by Gasteiger charge is -2.38. The third-order valence-electron chi connectivity index (χ3n) is 6.77. The van der Waals surface area contributed by atoms with E-state index in [0.717, 1.165) is 69.2 Å². The number of hydrogen-bond acceptors (Lipinski definition) is 3. The molecule has 1 aromatic carbocycles. The first-order valence-electron chi connectivity index (χ1n) is 11.3. The van der Waals surface area contributed by atoms with Gasteiger partial charge < -0.3 is 14.3 Å². The second kappa shape index (κ2) is 11.0. The Morgan fingerprint density at radius 2 is 1.71 bits per heavy atom. The zero-order valence-electron chi connectivity index (χ0n) is 18.2. The van der Waals surface area contributed by atoms with Crippen molar-refractivity contribution in [2.45, 2.75) is 71.3 Å². The Morgan fingerprint density at radius 1 is 1.07 bits per heavy atom. The van der Waals surface area contributed by atoms with Gasteiger partial charge in [0, 0.05) is 12.3 Å². The standard InChI is InChI=1S/C24H40NO3/c1-4-18-25(5-2,6-3)19-13-20-28-23(26)24(27,21-14-9-7-10-15-21)22-16-11-8-12-17-22/h7,9-10,14-15,22,27H,4-6,8,11-13,16-20H2,1-3H3/q+1/t24-/m0/s1. The van der Waals surface area contributed by atoms with Crippen LogP contribution in [0.25, 0.3) is 0 Å². The first kappa shape index (κ1) is 22.9. The number of carbonyl (C=O) groups excluding carboxylic acids is 1. The Kier molecular flexibility index (Phi) is 8.97. The van der Waals surface area contributed by atoms with Gasteiger partial charge in [-0.1, -0.05) is 56.5 Å². The Morgan fingerprint density at radius 3 is 2.29 bits per heavy atom. The summed E-state index contributed by atoms with van der Waals surface area (Å²) in [6.45, 7) is 11.5. The zero-order chi connectivity index (χ0) is 20.5. The molecule has 1 N–H and O–H groups in total. The molecule has 0 unspecified atom stereocenters. The number of benzene rings is 1. The van der Waals surface area contributed by atoms with Gasteiger partial charge in [-0.05, 0) is 38.7 Å². The van der Waals surface area contributed by atoms with Crippen molar-refractivity contribution in [2.75, 3.05) is 32.8 Å². The highest BCUT2D eigenvalue weighted by atomic mass is 16.5. The fourth-order valence-electron chi connectivity index (χ4n) is 4.85. The molecular weight excluding hydrogens is 350 g/mol. The van der Waals surface area contributed by atoms with Crippen molar-refractivity contribution in [3.05, 3.63) is 35.9 Å². The molecule has 158 valence electrons. The molecule has 1 atom stereocenters. The second-order valence-corrected chi connectivity index (χ2v) is 8.38. The summed E-state index contributed by atoms with van der Waals surface area (Å²) in [5.74, 6) is -0.524. The van der Waals surface area contributed by atoms with Crippen molar-refractivity contribution < 1.29 is 19.1 Å². The fraction of sp³-hybridized carbons (Fsp3) is 0.708. The maximum atomic E-state index is 13.1. The molecule has 0 heterocycles. The van der Waals surface area contributed by atoms with Gasteiger partial charge in [0.15, 0.2) is 5.60 Å². The Bertz CT molecular complexity index is 579. The fourth-order valence-corrected chi connectivity index (χ4v) is 4.85. The number of quaternary nitrogens is 1. The van der Waals surface area contributed by atoms with Gasteiger partial charge in [-0.2, -0.15) is 0 Å². The van der Waals surface area contributed by atoms with Crippen molar-refractivity contribution in [3.8, 4) is 0 Å². The van der Waals surface area contributed by atoms with Crippen LogP contribution in [0.3, 0.4) is 0 Å². The van der Waals surface area contributed by atoms with Gasteiger partial charge in [0.1, 0.15) is 0 Å². The van der Waals surface area contributed by atoms with E-state index in [0.29, 0.717) is 12.2 Å². The molecule has 1 aromatic rings. The van der Waals surface area contributed by atoms with Crippen LogP contribution in [0.4, 0.5) is 0 Å². The van der Waals surface area contributed by atoms with Gasteiger partial charge in [-0.3, -0.25) is 0 Å². The highest BCUT2D eigenvalue weighted by Crippen LogP contribution is 2.40. The molecule has 4 nitrogen and oxygen atoms in total. The predicted octanol–water partition coefficient (Wildman–Crippen LogP) is 4.65. The predicted molar refractivity (Wildman–Crippen MR) is 114 cm³/mol. The van der Waals surface area contributed by atoms with E-state index >= 15 is 0 Å². The van der Waals surface area contributed by atoms with E-state index in [9.17, 15) is 9.90 Å². The minimum absolute atomic E-state index is 0.0580. The van der Waals surface area contributed by atoms with Crippen molar-refractivity contribution >= 4 is 5.97 Å². The van der Waals surface area contributed by atoms with E-state index in [-0.39, 0.29) is 5.92 Å². The number of esters is 1. The van der Waals surface area contributed by atoms with E-state index in [1.54, 1.807) is 0 Å². The molecular formula is C24H40NO3+. The maximum absolute atomic E-state index is 13.1. The van der Waals surface area contributed by atoms with Crippen molar-refractivity contribution in [1.29, 1.82) is 0 Å². The number of hydrogen-bond donors (Lipinski definition) is 1. The lowest BCUT2D eigenvalue weighted by atomic mass is 9.73. The molecule has 0 saturated heterocycles. The molecule has 28 heavy (non-hydrogen) atoms. The normalized spacial score (nSPS) is 17.9. The third-order valence-corrected chi connectivity index (χ3v) is 6.77. The van der Waals surface area contributed by atoms with Crippen molar-refractivity contribution in [2.24, 2.45) is 5.92 Å². The molecule has 1 aliphatic carbocycles. The molecule has 4 heteroatoms. The van der Waals surface area contributed by atoms with Gasteiger partial charge in [-0.25, -0.2) is 4.79 Å². The molecule has 0 bridgehead atoms. The van der Waals surface area contributed by atoms with E-state index in [4.69, 9.17) is 4.74 Å². The number of aliphatic hydroxyl groups is 1. The highest BCUT2D eigenvalue weighted by Gasteiger charge is 2.47. The molecule has 2 rings (SSSR count). The van der Waals surface area contributed by atoms with E-state index in [2.05, 4.69) is 20.8 Å². The van der Waals surface area contributed by atoms with Gasteiger partial charge in [0.2, 0.25) is 0 Å². The molecule has 0 amide bonds. The monoisotopic (exact) mass is 390 g/mol. The first-order valence-corrected chi connectivity index (χ1v) is 11.3. The van der Waals surface area contributed by atoms with Gasteiger partial charge in [0.25, 0.3) is 0 Å². The van der Waals surface area contributed by atoms with Crippen molar-refractivity contribution in [3.63, 3.8) is 0 Å². The summed E-state index contributed by atoms with van der Waals surface area (Å²) in [7, 11) is 0. The number of carbonyl (C=O) groups is 1. The molecule has 1 saturated carbocycles. The molecule has 1 aliphatic rings. The summed E-state index contributed by atoms with van der Waals surface area (Å²) in [6, 6.07) is 9.39. The Labute approximate surface area is 171 Å². The molecule has 1 fully saturated rings. The van der Waals surface area contributed by atoms with E-state index in [1.165, 1.54) is 6.42 Å². The van der Waals surface area contributed by atoms with Gasteiger partial charge >= 0.3 is 5.97 Å². The van der Waals surface area contributed by atoms with Crippen LogP contribution in [-0.4, -0.2) is 48.3 Å². The summed E-state index contributed by atoms with van der Waals surface area (Å²) in [6.07, 6.45) is 7.07. The minimum Gasteiger partial charge on any atom is -0.463 e. The Balaban J connectivity index is 2.03. The highest BCUT2D eigenvalue weighted by molar-refractivity contribution is 5.81. The summed E-state index contributed by atoms with van der Waals surface area (Å²) in [4.78, 5) is 13.1. The van der Waals surface area contributed by atoms with Gasteiger partial charge in [0.05, 0.1) is 32.8 Å². The molecule has 0 aliphatic heterocycles. The van der Waals surface area contributed by atoms with Crippen LogP contribution >= 0.6 is 0 Å². The largest absolute Gasteiger partial charge is 0.463 e. The summed E-state index contributed by atoms with van der Waals surface area (Å²) < 4.78 is 6.75. The third kappa shape index (κ3) is 5.36. The number of rotatable bonds is 11. The van der Waals surface area contributed by atoms with Crippen LogP contribution in [0.1, 0.15) is 71.3 Å². The summed E-state index contributed by atoms with van der Waals surface area (Å²) >= 11 is 0. The van der Waals surface area contributed by atoms with Crippen LogP contribution in [0.2, 0.25) is 0 Å². The topological polar surface area (TPSA) is 46.5 Å². The van der Waals surface area contributed by atoms with Crippen LogP contribution in [0, 0.1) is 5.92 Å². The quantitative estimate of drug-likeness (QED) is 0.340.